The van der Waals surface area contributed by atoms with Crippen LogP contribution in [0.15, 0.2) is 24.3 Å². The quantitative estimate of drug-likeness (QED) is 0.798. The van der Waals surface area contributed by atoms with Crippen molar-refractivity contribution in [3.63, 3.8) is 0 Å². The van der Waals surface area contributed by atoms with Crippen LogP contribution in [0.3, 0.4) is 0 Å². The van der Waals surface area contributed by atoms with Gasteiger partial charge in [-0.15, -0.1) is 0 Å². The molecule has 1 N–H and O–H groups in total. The second-order valence-electron chi connectivity index (χ2n) is 3.94. The molecule has 0 saturated heterocycles. The van der Waals surface area contributed by atoms with Crippen molar-refractivity contribution in [3.8, 4) is 5.75 Å². The molecule has 0 bridgehead atoms. The predicted molar refractivity (Wildman–Crippen MR) is 57.9 cm³/mol. The van der Waals surface area contributed by atoms with Crippen molar-refractivity contribution >= 4 is 0 Å². The molecule has 0 radical (unpaired) electrons. The standard InChI is InChI=1S/C12H13F5O2/c13-11(14)19-10-6-2-1-4-8(10)9(18)5-3-7-12(15,16)17/h1-2,4,6,9,11,18H,3,5,7H2. The lowest BCUT2D eigenvalue weighted by Crippen LogP contribution is -2.09. The number of hydrogen-bond acceptors (Lipinski definition) is 2. The number of aliphatic hydroxyl groups is 1. The summed E-state index contributed by atoms with van der Waals surface area (Å²) in [5, 5.41) is 9.72. The minimum absolute atomic E-state index is 0.0602. The highest BCUT2D eigenvalue weighted by Crippen LogP contribution is 2.31. The summed E-state index contributed by atoms with van der Waals surface area (Å²) in [5.41, 5.74) is 0.0602. The van der Waals surface area contributed by atoms with Crippen molar-refractivity contribution in [1.29, 1.82) is 0 Å². The lowest BCUT2D eigenvalue weighted by atomic mass is 10.0. The van der Waals surface area contributed by atoms with Crippen LogP contribution in [0.1, 0.15) is 30.9 Å². The van der Waals surface area contributed by atoms with Crippen LogP contribution in [0.2, 0.25) is 0 Å². The minimum atomic E-state index is -4.29. The van der Waals surface area contributed by atoms with Gasteiger partial charge in [0.1, 0.15) is 5.75 Å². The van der Waals surface area contributed by atoms with Crippen LogP contribution in [0, 0.1) is 0 Å². The summed E-state index contributed by atoms with van der Waals surface area (Å²) in [6.07, 6.45) is -7.05. The highest BCUT2D eigenvalue weighted by Gasteiger charge is 2.27. The Hall–Kier alpha value is -1.37. The molecule has 108 valence electrons. The second kappa shape index (κ2) is 6.70. The first-order valence-corrected chi connectivity index (χ1v) is 5.58. The largest absolute Gasteiger partial charge is 0.434 e. The van der Waals surface area contributed by atoms with Crippen LogP contribution in [0.4, 0.5) is 22.0 Å². The topological polar surface area (TPSA) is 29.5 Å². The Bertz CT molecular complexity index is 392. The van der Waals surface area contributed by atoms with E-state index in [0.717, 1.165) is 0 Å². The summed E-state index contributed by atoms with van der Waals surface area (Å²) < 4.78 is 64.3. The van der Waals surface area contributed by atoms with Gasteiger partial charge >= 0.3 is 12.8 Å². The van der Waals surface area contributed by atoms with Gasteiger partial charge < -0.3 is 9.84 Å². The third-order valence-corrected chi connectivity index (χ3v) is 2.43. The molecule has 0 aliphatic carbocycles. The van der Waals surface area contributed by atoms with E-state index in [4.69, 9.17) is 0 Å². The molecule has 1 aromatic rings. The van der Waals surface area contributed by atoms with Gasteiger partial charge in [0, 0.05) is 12.0 Å². The number of alkyl halides is 5. The Morgan fingerprint density at radius 2 is 1.79 bits per heavy atom. The summed E-state index contributed by atoms with van der Waals surface area (Å²) in [4.78, 5) is 0. The van der Waals surface area contributed by atoms with Crippen molar-refractivity contribution in [2.75, 3.05) is 0 Å². The molecule has 0 saturated carbocycles. The number of benzene rings is 1. The van der Waals surface area contributed by atoms with Gasteiger partial charge in [0.2, 0.25) is 0 Å². The predicted octanol–water partition coefficient (Wildman–Crippen LogP) is 4.05. The summed E-state index contributed by atoms with van der Waals surface area (Å²) in [6.45, 7) is -3.05. The fourth-order valence-electron chi connectivity index (χ4n) is 1.61. The molecule has 1 atom stereocenters. The number of ether oxygens (including phenoxy) is 1. The van der Waals surface area contributed by atoms with Crippen LogP contribution >= 0.6 is 0 Å². The van der Waals surface area contributed by atoms with Crippen LogP contribution < -0.4 is 4.74 Å². The Labute approximate surface area is 106 Å². The van der Waals surface area contributed by atoms with Gasteiger partial charge in [-0.1, -0.05) is 18.2 Å². The Balaban J connectivity index is 2.63. The first-order valence-electron chi connectivity index (χ1n) is 5.58. The van der Waals surface area contributed by atoms with Crippen molar-refractivity contribution in [2.45, 2.75) is 38.2 Å². The van der Waals surface area contributed by atoms with Crippen molar-refractivity contribution < 1.29 is 31.8 Å². The van der Waals surface area contributed by atoms with Gasteiger partial charge in [-0.05, 0) is 18.9 Å². The van der Waals surface area contributed by atoms with Crippen molar-refractivity contribution in [2.24, 2.45) is 0 Å². The first-order chi connectivity index (χ1) is 8.79. The molecule has 0 fully saturated rings. The summed E-state index contributed by atoms with van der Waals surface area (Å²) >= 11 is 0. The van der Waals surface area contributed by atoms with Gasteiger partial charge in [-0.25, -0.2) is 0 Å². The minimum Gasteiger partial charge on any atom is -0.434 e. The molecular weight excluding hydrogens is 271 g/mol. The first kappa shape index (κ1) is 15.7. The van der Waals surface area contributed by atoms with E-state index in [9.17, 15) is 27.1 Å². The lowest BCUT2D eigenvalue weighted by Gasteiger charge is -2.16. The van der Waals surface area contributed by atoms with E-state index in [1.807, 2.05) is 0 Å². The fourth-order valence-corrected chi connectivity index (χ4v) is 1.61. The zero-order valence-electron chi connectivity index (χ0n) is 9.83. The molecule has 0 amide bonds. The van der Waals surface area contributed by atoms with E-state index < -0.39 is 25.3 Å². The summed E-state index contributed by atoms with van der Waals surface area (Å²) in [7, 11) is 0. The lowest BCUT2D eigenvalue weighted by molar-refractivity contribution is -0.136. The van der Waals surface area contributed by atoms with Crippen LogP contribution in [0.25, 0.3) is 0 Å². The van der Waals surface area contributed by atoms with Gasteiger partial charge in [0.15, 0.2) is 0 Å². The smallest absolute Gasteiger partial charge is 0.389 e. The average Bonchev–Trinajstić information content (AvgIpc) is 2.27. The molecule has 0 aliphatic heterocycles. The van der Waals surface area contributed by atoms with E-state index >= 15 is 0 Å². The van der Waals surface area contributed by atoms with Crippen LogP contribution in [-0.4, -0.2) is 17.9 Å². The SMILES string of the molecule is OC(CCCC(F)(F)F)c1ccccc1OC(F)F. The van der Waals surface area contributed by atoms with Gasteiger partial charge in [0.25, 0.3) is 0 Å². The normalized spacial score (nSPS) is 13.6. The molecule has 2 nitrogen and oxygen atoms in total. The van der Waals surface area contributed by atoms with Crippen LogP contribution in [-0.2, 0) is 0 Å². The molecule has 0 aromatic heterocycles. The Morgan fingerprint density at radius 1 is 1.16 bits per heavy atom. The highest BCUT2D eigenvalue weighted by molar-refractivity contribution is 5.35. The summed E-state index contributed by atoms with van der Waals surface area (Å²) in [5.74, 6) is -0.225. The van der Waals surface area contributed by atoms with Gasteiger partial charge in [0.05, 0.1) is 6.10 Å². The van der Waals surface area contributed by atoms with E-state index in [1.165, 1.54) is 24.3 Å². The zero-order chi connectivity index (χ0) is 14.5. The van der Waals surface area contributed by atoms with E-state index in [1.54, 1.807) is 0 Å². The van der Waals surface area contributed by atoms with Gasteiger partial charge in [-0.2, -0.15) is 22.0 Å². The second-order valence-corrected chi connectivity index (χ2v) is 3.94. The number of halogens is 5. The monoisotopic (exact) mass is 284 g/mol. The van der Waals surface area contributed by atoms with Crippen molar-refractivity contribution in [1.82, 2.24) is 0 Å². The molecular formula is C12H13F5O2. The van der Waals surface area contributed by atoms with Gasteiger partial charge in [-0.3, -0.25) is 0 Å². The number of aliphatic hydroxyl groups excluding tert-OH is 1. The molecule has 19 heavy (non-hydrogen) atoms. The third kappa shape index (κ3) is 5.87. The maximum atomic E-state index is 12.1. The van der Waals surface area contributed by atoms with E-state index in [2.05, 4.69) is 4.74 Å². The molecule has 1 aromatic carbocycles. The summed E-state index contributed by atoms with van der Waals surface area (Å²) in [6, 6.07) is 5.49. The Morgan fingerprint density at radius 3 is 2.37 bits per heavy atom. The number of rotatable bonds is 6. The number of para-hydroxylation sites is 1. The number of hydrogen-bond donors (Lipinski definition) is 1. The molecule has 0 heterocycles. The maximum Gasteiger partial charge on any atom is 0.389 e. The zero-order valence-corrected chi connectivity index (χ0v) is 9.83. The van der Waals surface area contributed by atoms with E-state index in [-0.39, 0.29) is 24.2 Å². The third-order valence-electron chi connectivity index (χ3n) is 2.43. The average molecular weight is 284 g/mol. The fraction of sp³-hybridized carbons (Fsp3) is 0.500. The molecule has 7 heteroatoms. The highest BCUT2D eigenvalue weighted by atomic mass is 19.4. The van der Waals surface area contributed by atoms with E-state index in [0.29, 0.717) is 0 Å². The van der Waals surface area contributed by atoms with Crippen LogP contribution in [0.5, 0.6) is 5.75 Å². The molecule has 0 spiro atoms. The molecule has 1 rings (SSSR count). The van der Waals surface area contributed by atoms with Crippen molar-refractivity contribution in [3.05, 3.63) is 29.8 Å². The molecule has 0 aliphatic rings. The Kier molecular flexibility index (Phi) is 5.53. The maximum absolute atomic E-state index is 12.1. The molecule has 1 unspecified atom stereocenters.